The Morgan fingerprint density at radius 3 is 2.58 bits per heavy atom. The molecular weight excluding hydrogens is 154 g/mol. The van der Waals surface area contributed by atoms with Crippen LogP contribution in [-0.2, 0) is 11.3 Å². The Hall–Kier alpha value is -1.06. The molecule has 0 atom stereocenters. The molecular formula is C9H13NO2. The van der Waals surface area contributed by atoms with Gasteiger partial charge in [-0.3, -0.25) is 0 Å². The molecule has 0 aromatic heterocycles. The van der Waals surface area contributed by atoms with Gasteiger partial charge >= 0.3 is 0 Å². The van der Waals surface area contributed by atoms with E-state index in [-0.39, 0.29) is 0 Å². The molecule has 0 bridgehead atoms. The normalized spacial score (nSPS) is 10.1. The maximum absolute atomic E-state index is 8.99. The summed E-state index contributed by atoms with van der Waals surface area (Å²) >= 11 is 0. The van der Waals surface area contributed by atoms with Crippen molar-refractivity contribution in [3.8, 4) is 5.75 Å². The zero-order chi connectivity index (χ0) is 8.81. The van der Waals surface area contributed by atoms with Crippen molar-refractivity contribution in [3.63, 3.8) is 0 Å². The summed E-state index contributed by atoms with van der Waals surface area (Å²) in [5.74, 6) is 0.304. The second-order valence-electron chi connectivity index (χ2n) is 2.51. The van der Waals surface area contributed by atoms with Crippen molar-refractivity contribution in [1.29, 1.82) is 0 Å². The number of hydrogen-bond acceptors (Lipinski definition) is 3. The van der Waals surface area contributed by atoms with Crippen LogP contribution in [0.15, 0.2) is 24.3 Å². The third-order valence-corrected chi connectivity index (χ3v) is 1.60. The lowest BCUT2D eigenvalue weighted by molar-refractivity contribution is 0.0928. The first kappa shape index (κ1) is 9.03. The van der Waals surface area contributed by atoms with Crippen LogP contribution in [0.4, 0.5) is 0 Å². The first-order chi connectivity index (χ1) is 5.83. The zero-order valence-corrected chi connectivity index (χ0v) is 7.08. The summed E-state index contributed by atoms with van der Waals surface area (Å²) in [5.41, 5.74) is 3.93. The van der Waals surface area contributed by atoms with Crippen molar-refractivity contribution in [3.05, 3.63) is 29.8 Å². The summed E-state index contributed by atoms with van der Waals surface area (Å²) in [6.07, 6.45) is 0.897. The monoisotopic (exact) mass is 167 g/mol. The van der Waals surface area contributed by atoms with Gasteiger partial charge in [0.1, 0.15) is 5.75 Å². The molecule has 1 rings (SSSR count). The molecule has 3 nitrogen and oxygen atoms in total. The minimum atomic E-state index is 0.304. The average molecular weight is 167 g/mol. The summed E-state index contributed by atoms with van der Waals surface area (Å²) in [7, 11) is 1.59. The van der Waals surface area contributed by atoms with Gasteiger partial charge < -0.3 is 9.94 Å². The molecule has 0 amide bonds. The predicted molar refractivity (Wildman–Crippen MR) is 46.8 cm³/mol. The van der Waals surface area contributed by atoms with E-state index in [1.165, 1.54) is 5.56 Å². The third kappa shape index (κ3) is 2.90. The smallest absolute Gasteiger partial charge is 0.115 e. The fraction of sp³-hybridized carbons (Fsp3) is 0.333. The summed E-state index contributed by atoms with van der Waals surface area (Å²) in [6, 6.07) is 7.16. The van der Waals surface area contributed by atoms with Crippen molar-refractivity contribution in [1.82, 2.24) is 5.48 Å². The number of hydrogen-bond donors (Lipinski definition) is 2. The Labute approximate surface area is 71.9 Å². The van der Waals surface area contributed by atoms with Crippen LogP contribution in [0.2, 0.25) is 0 Å². The number of nitrogens with one attached hydrogen (secondary N) is 1. The highest BCUT2D eigenvalue weighted by molar-refractivity contribution is 5.25. The fourth-order valence-electron chi connectivity index (χ4n) is 0.960. The van der Waals surface area contributed by atoms with Crippen LogP contribution < -0.4 is 5.48 Å². The molecule has 0 heterocycles. The van der Waals surface area contributed by atoms with E-state index in [1.807, 2.05) is 12.1 Å². The van der Waals surface area contributed by atoms with Crippen LogP contribution >= 0.6 is 0 Å². The van der Waals surface area contributed by atoms with E-state index >= 15 is 0 Å². The Morgan fingerprint density at radius 1 is 1.33 bits per heavy atom. The van der Waals surface area contributed by atoms with E-state index in [1.54, 1.807) is 19.2 Å². The van der Waals surface area contributed by atoms with Crippen LogP contribution in [0.25, 0.3) is 0 Å². The number of phenolic OH excluding ortho intramolecular Hbond substituents is 1. The Balaban J connectivity index is 2.37. The van der Waals surface area contributed by atoms with Gasteiger partial charge in [0.25, 0.3) is 0 Å². The molecule has 0 aliphatic heterocycles. The van der Waals surface area contributed by atoms with E-state index in [0.29, 0.717) is 5.75 Å². The largest absolute Gasteiger partial charge is 0.508 e. The van der Waals surface area contributed by atoms with Crippen molar-refractivity contribution in [2.24, 2.45) is 0 Å². The third-order valence-electron chi connectivity index (χ3n) is 1.60. The lowest BCUT2D eigenvalue weighted by Crippen LogP contribution is -2.14. The number of benzene rings is 1. The Kier molecular flexibility index (Phi) is 3.57. The van der Waals surface area contributed by atoms with Crippen molar-refractivity contribution >= 4 is 0 Å². The second kappa shape index (κ2) is 4.74. The summed E-state index contributed by atoms with van der Waals surface area (Å²) < 4.78 is 0. The van der Waals surface area contributed by atoms with Gasteiger partial charge in [-0.1, -0.05) is 12.1 Å². The highest BCUT2D eigenvalue weighted by atomic mass is 16.6. The van der Waals surface area contributed by atoms with Gasteiger partial charge in [-0.15, -0.1) is 0 Å². The summed E-state index contributed by atoms with van der Waals surface area (Å²) in [4.78, 5) is 4.69. The van der Waals surface area contributed by atoms with Crippen LogP contribution in [0.1, 0.15) is 5.56 Å². The van der Waals surface area contributed by atoms with Gasteiger partial charge in [0.2, 0.25) is 0 Å². The van der Waals surface area contributed by atoms with Gasteiger partial charge in [0.05, 0.1) is 7.11 Å². The molecule has 0 aliphatic carbocycles. The standard InChI is InChI=1S/C9H13NO2/c1-12-10-7-6-8-2-4-9(11)5-3-8/h2-5,10-11H,6-7H2,1H3. The molecule has 0 fully saturated rings. The molecule has 0 spiro atoms. The fourth-order valence-corrected chi connectivity index (χ4v) is 0.960. The minimum Gasteiger partial charge on any atom is -0.508 e. The molecule has 2 N–H and O–H groups in total. The van der Waals surface area contributed by atoms with Gasteiger partial charge in [-0.2, -0.15) is 0 Å². The minimum absolute atomic E-state index is 0.304. The van der Waals surface area contributed by atoms with E-state index in [9.17, 15) is 0 Å². The molecule has 0 saturated heterocycles. The van der Waals surface area contributed by atoms with E-state index < -0.39 is 0 Å². The zero-order valence-electron chi connectivity index (χ0n) is 7.08. The molecule has 12 heavy (non-hydrogen) atoms. The van der Waals surface area contributed by atoms with Gasteiger partial charge in [-0.05, 0) is 24.1 Å². The van der Waals surface area contributed by atoms with Crippen LogP contribution in [-0.4, -0.2) is 18.8 Å². The molecule has 0 saturated carbocycles. The first-order valence-electron chi connectivity index (χ1n) is 3.86. The van der Waals surface area contributed by atoms with Gasteiger partial charge in [-0.25, -0.2) is 5.48 Å². The van der Waals surface area contributed by atoms with Crippen molar-refractivity contribution < 1.29 is 9.94 Å². The molecule has 1 aromatic carbocycles. The Morgan fingerprint density at radius 2 is 2.00 bits per heavy atom. The van der Waals surface area contributed by atoms with E-state index in [4.69, 9.17) is 5.11 Å². The van der Waals surface area contributed by atoms with Crippen LogP contribution in [0.5, 0.6) is 5.75 Å². The van der Waals surface area contributed by atoms with E-state index in [2.05, 4.69) is 10.3 Å². The lowest BCUT2D eigenvalue weighted by atomic mass is 10.1. The molecule has 1 aromatic rings. The maximum atomic E-state index is 8.99. The molecule has 3 heteroatoms. The molecule has 0 radical (unpaired) electrons. The summed E-state index contributed by atoms with van der Waals surface area (Å²) in [6.45, 7) is 0.779. The molecule has 0 unspecified atom stereocenters. The second-order valence-corrected chi connectivity index (χ2v) is 2.51. The highest BCUT2D eigenvalue weighted by Crippen LogP contribution is 2.09. The molecule has 66 valence electrons. The Bertz CT molecular complexity index is 220. The highest BCUT2D eigenvalue weighted by Gasteiger charge is 1.92. The van der Waals surface area contributed by atoms with Gasteiger partial charge in [0, 0.05) is 6.54 Å². The van der Waals surface area contributed by atoms with Crippen LogP contribution in [0.3, 0.4) is 0 Å². The topological polar surface area (TPSA) is 41.5 Å². The summed E-state index contributed by atoms with van der Waals surface area (Å²) in [5, 5.41) is 8.99. The van der Waals surface area contributed by atoms with Crippen molar-refractivity contribution in [2.75, 3.05) is 13.7 Å². The quantitative estimate of drug-likeness (QED) is 0.521. The number of phenols is 1. The first-order valence-corrected chi connectivity index (χ1v) is 3.86. The number of rotatable bonds is 4. The number of hydroxylamine groups is 1. The molecule has 0 aliphatic rings. The maximum Gasteiger partial charge on any atom is 0.115 e. The SMILES string of the molecule is CONCCc1ccc(O)cc1. The van der Waals surface area contributed by atoms with E-state index in [0.717, 1.165) is 13.0 Å². The van der Waals surface area contributed by atoms with Gasteiger partial charge in [0.15, 0.2) is 0 Å². The number of aromatic hydroxyl groups is 1. The van der Waals surface area contributed by atoms with Crippen molar-refractivity contribution in [2.45, 2.75) is 6.42 Å². The predicted octanol–water partition coefficient (Wildman–Crippen LogP) is 1.09. The van der Waals surface area contributed by atoms with Crippen LogP contribution in [0, 0.1) is 0 Å². The lowest BCUT2D eigenvalue weighted by Gasteiger charge is -2.01. The average Bonchev–Trinajstić information content (AvgIpc) is 2.09.